The van der Waals surface area contributed by atoms with Crippen LogP contribution in [0.5, 0.6) is 11.5 Å². The Kier molecular flexibility index (Phi) is 3.97. The number of hydrazine groups is 1. The Balaban J connectivity index is 2.43. The summed E-state index contributed by atoms with van der Waals surface area (Å²) in [6, 6.07) is 3.45. The largest absolute Gasteiger partial charge is 0.493 e. The Morgan fingerprint density at radius 3 is 2.40 bits per heavy atom. The number of hydrogen-bond acceptors (Lipinski definition) is 5. The van der Waals surface area contributed by atoms with Crippen molar-refractivity contribution in [1.29, 1.82) is 0 Å². The van der Waals surface area contributed by atoms with Gasteiger partial charge in [-0.1, -0.05) is 0 Å². The number of aryl methyl sites for hydroxylation is 1. The molecule has 108 valence electrons. The second kappa shape index (κ2) is 5.68. The lowest BCUT2D eigenvalue weighted by Gasteiger charge is -2.29. The molecule has 0 bridgehead atoms. The summed E-state index contributed by atoms with van der Waals surface area (Å²) in [5.41, 5.74) is 3.84. The Morgan fingerprint density at radius 2 is 1.80 bits per heavy atom. The number of amides is 2. The molecule has 0 spiro atoms. The SMILES string of the molecule is COC(=O)NN1C(=O)CCc2cc(OC)c(OC)cc21. The number of nitrogens with zero attached hydrogens (tertiary/aromatic N) is 1. The minimum atomic E-state index is -0.707. The molecule has 1 heterocycles. The van der Waals surface area contributed by atoms with E-state index in [9.17, 15) is 9.59 Å². The monoisotopic (exact) mass is 280 g/mol. The summed E-state index contributed by atoms with van der Waals surface area (Å²) in [5.74, 6) is 0.853. The molecule has 0 aliphatic carbocycles. The molecule has 0 fully saturated rings. The first-order valence-electron chi connectivity index (χ1n) is 6.03. The van der Waals surface area contributed by atoms with Gasteiger partial charge in [-0.2, -0.15) is 0 Å². The van der Waals surface area contributed by atoms with Crippen molar-refractivity contribution in [2.75, 3.05) is 26.3 Å². The summed E-state index contributed by atoms with van der Waals surface area (Å²) in [5, 5.41) is 1.17. The van der Waals surface area contributed by atoms with E-state index in [2.05, 4.69) is 10.2 Å². The van der Waals surface area contributed by atoms with E-state index in [1.165, 1.54) is 19.2 Å². The van der Waals surface area contributed by atoms with Gasteiger partial charge in [-0.15, -0.1) is 0 Å². The number of anilines is 1. The molecular weight excluding hydrogens is 264 g/mol. The molecule has 0 atom stereocenters. The van der Waals surface area contributed by atoms with Crippen LogP contribution in [-0.2, 0) is 16.0 Å². The van der Waals surface area contributed by atoms with Gasteiger partial charge in [0.2, 0.25) is 5.91 Å². The van der Waals surface area contributed by atoms with Gasteiger partial charge in [0.25, 0.3) is 0 Å². The van der Waals surface area contributed by atoms with Crippen LogP contribution in [0, 0.1) is 0 Å². The number of methoxy groups -OCH3 is 3. The molecule has 20 heavy (non-hydrogen) atoms. The van der Waals surface area contributed by atoms with Crippen LogP contribution >= 0.6 is 0 Å². The van der Waals surface area contributed by atoms with E-state index in [0.29, 0.717) is 30.0 Å². The second-order valence-electron chi connectivity index (χ2n) is 4.17. The molecule has 1 aliphatic heterocycles. The van der Waals surface area contributed by atoms with Crippen LogP contribution in [0.1, 0.15) is 12.0 Å². The number of ether oxygens (including phenoxy) is 3. The molecule has 1 aromatic rings. The first kappa shape index (κ1) is 14.0. The molecule has 7 heteroatoms. The minimum Gasteiger partial charge on any atom is -0.493 e. The standard InChI is InChI=1S/C13H16N2O5/c1-18-10-6-8-4-5-12(16)15(14-13(17)20-3)9(8)7-11(10)19-2/h6-7H,4-5H2,1-3H3,(H,14,17). The summed E-state index contributed by atoms with van der Waals surface area (Å²) in [6.45, 7) is 0. The first-order valence-corrected chi connectivity index (χ1v) is 6.03. The maximum Gasteiger partial charge on any atom is 0.426 e. The average Bonchev–Trinajstić information content (AvgIpc) is 2.48. The fourth-order valence-electron chi connectivity index (χ4n) is 2.07. The number of benzene rings is 1. The fraction of sp³-hybridized carbons (Fsp3) is 0.385. The van der Waals surface area contributed by atoms with Crippen LogP contribution in [-0.4, -0.2) is 33.3 Å². The third kappa shape index (κ3) is 2.47. The van der Waals surface area contributed by atoms with Crippen molar-refractivity contribution in [1.82, 2.24) is 5.43 Å². The number of hydrogen-bond donors (Lipinski definition) is 1. The predicted molar refractivity (Wildman–Crippen MR) is 70.9 cm³/mol. The predicted octanol–water partition coefficient (Wildman–Crippen LogP) is 1.25. The maximum atomic E-state index is 11.9. The molecule has 2 rings (SSSR count). The Labute approximate surface area is 116 Å². The van der Waals surface area contributed by atoms with Gasteiger partial charge in [-0.25, -0.2) is 15.2 Å². The van der Waals surface area contributed by atoms with Gasteiger partial charge in [0.15, 0.2) is 11.5 Å². The number of carbonyl (C=O) groups is 2. The highest BCUT2D eigenvalue weighted by Gasteiger charge is 2.28. The van der Waals surface area contributed by atoms with Gasteiger partial charge in [-0.3, -0.25) is 4.79 Å². The van der Waals surface area contributed by atoms with E-state index in [0.717, 1.165) is 5.56 Å². The lowest BCUT2D eigenvalue weighted by molar-refractivity contribution is -0.119. The first-order chi connectivity index (χ1) is 9.60. The highest BCUT2D eigenvalue weighted by atomic mass is 16.5. The third-order valence-corrected chi connectivity index (χ3v) is 3.07. The molecule has 1 aromatic carbocycles. The van der Waals surface area contributed by atoms with Crippen molar-refractivity contribution in [3.8, 4) is 11.5 Å². The number of nitrogens with one attached hydrogen (secondary N) is 1. The molecule has 0 saturated carbocycles. The molecule has 7 nitrogen and oxygen atoms in total. The van der Waals surface area contributed by atoms with Gasteiger partial charge < -0.3 is 14.2 Å². The van der Waals surface area contributed by atoms with Gasteiger partial charge in [0, 0.05) is 12.5 Å². The molecule has 1 N–H and O–H groups in total. The van der Waals surface area contributed by atoms with Crippen molar-refractivity contribution >= 4 is 17.7 Å². The van der Waals surface area contributed by atoms with E-state index in [4.69, 9.17) is 9.47 Å². The van der Waals surface area contributed by atoms with Gasteiger partial charge in [-0.05, 0) is 18.1 Å². The van der Waals surface area contributed by atoms with Crippen molar-refractivity contribution in [3.63, 3.8) is 0 Å². The van der Waals surface area contributed by atoms with Crippen LogP contribution in [0.4, 0.5) is 10.5 Å². The maximum absolute atomic E-state index is 11.9. The summed E-state index contributed by atoms with van der Waals surface area (Å²) in [6.07, 6.45) is 0.168. The molecular formula is C13H16N2O5. The average molecular weight is 280 g/mol. The number of fused-ring (bicyclic) bond motifs is 1. The Morgan fingerprint density at radius 1 is 1.15 bits per heavy atom. The van der Waals surface area contributed by atoms with E-state index in [-0.39, 0.29) is 5.91 Å². The highest BCUT2D eigenvalue weighted by molar-refractivity contribution is 5.98. The topological polar surface area (TPSA) is 77.1 Å². The number of carbonyl (C=O) groups excluding carboxylic acids is 2. The van der Waals surface area contributed by atoms with Gasteiger partial charge in [0.1, 0.15) is 0 Å². The normalized spacial score (nSPS) is 13.6. The zero-order chi connectivity index (χ0) is 14.7. The molecule has 0 radical (unpaired) electrons. The van der Waals surface area contributed by atoms with Crippen molar-refractivity contribution < 1.29 is 23.8 Å². The van der Waals surface area contributed by atoms with Gasteiger partial charge >= 0.3 is 6.09 Å². The van der Waals surface area contributed by atoms with Crippen LogP contribution in [0.15, 0.2) is 12.1 Å². The van der Waals surface area contributed by atoms with Crippen LogP contribution in [0.2, 0.25) is 0 Å². The van der Waals surface area contributed by atoms with Crippen LogP contribution in [0.25, 0.3) is 0 Å². The van der Waals surface area contributed by atoms with Crippen LogP contribution in [0.3, 0.4) is 0 Å². The second-order valence-corrected chi connectivity index (χ2v) is 4.17. The highest BCUT2D eigenvalue weighted by Crippen LogP contribution is 2.37. The van der Waals surface area contributed by atoms with E-state index in [1.54, 1.807) is 19.2 Å². The Hall–Kier alpha value is -2.44. The molecule has 0 aromatic heterocycles. The van der Waals surface area contributed by atoms with Gasteiger partial charge in [0.05, 0.1) is 27.0 Å². The summed E-state index contributed by atoms with van der Waals surface area (Å²) in [7, 11) is 4.29. The lowest BCUT2D eigenvalue weighted by Crippen LogP contribution is -2.48. The Bertz CT molecular complexity index is 544. The number of rotatable bonds is 3. The molecule has 0 saturated heterocycles. The minimum absolute atomic E-state index is 0.213. The summed E-state index contributed by atoms with van der Waals surface area (Å²) in [4.78, 5) is 23.3. The lowest BCUT2D eigenvalue weighted by atomic mass is 10.0. The quantitative estimate of drug-likeness (QED) is 0.901. The zero-order valence-electron chi connectivity index (χ0n) is 11.6. The van der Waals surface area contributed by atoms with Crippen molar-refractivity contribution in [2.24, 2.45) is 0 Å². The molecule has 2 amide bonds. The third-order valence-electron chi connectivity index (χ3n) is 3.07. The zero-order valence-corrected chi connectivity index (χ0v) is 11.6. The van der Waals surface area contributed by atoms with E-state index >= 15 is 0 Å². The fourth-order valence-corrected chi connectivity index (χ4v) is 2.07. The summed E-state index contributed by atoms with van der Waals surface area (Å²) >= 11 is 0. The molecule has 0 unspecified atom stereocenters. The van der Waals surface area contributed by atoms with Crippen LogP contribution < -0.4 is 19.9 Å². The van der Waals surface area contributed by atoms with E-state index < -0.39 is 6.09 Å². The van der Waals surface area contributed by atoms with Crippen molar-refractivity contribution in [2.45, 2.75) is 12.8 Å². The van der Waals surface area contributed by atoms with Crippen molar-refractivity contribution in [3.05, 3.63) is 17.7 Å². The molecule has 1 aliphatic rings. The smallest absolute Gasteiger partial charge is 0.426 e. The summed E-state index contributed by atoms with van der Waals surface area (Å²) < 4.78 is 15.0. The van der Waals surface area contributed by atoms with E-state index in [1.807, 2.05) is 0 Å².